The first-order valence-electron chi connectivity index (χ1n) is 5.32. The third kappa shape index (κ3) is 4.30. The molecule has 0 amide bonds. The predicted molar refractivity (Wildman–Crippen MR) is 60.4 cm³/mol. The molecule has 1 aromatic rings. The Morgan fingerprint density at radius 3 is 2.53 bits per heavy atom. The van der Waals surface area contributed by atoms with E-state index in [0.29, 0.717) is 5.56 Å². The van der Waals surface area contributed by atoms with Gasteiger partial charge in [0.25, 0.3) is 0 Å². The normalized spacial score (nSPS) is 14.4. The summed E-state index contributed by atoms with van der Waals surface area (Å²) in [5, 5.41) is 18.6. The maximum absolute atomic E-state index is 13.5. The molecule has 0 aromatic heterocycles. The van der Waals surface area contributed by atoms with Gasteiger partial charge < -0.3 is 19.7 Å². The molecule has 0 heterocycles. The summed E-state index contributed by atoms with van der Waals surface area (Å²) in [5.41, 5.74) is 0.479. The Bertz CT molecular complexity index is 354. The van der Waals surface area contributed by atoms with Gasteiger partial charge in [-0.3, -0.25) is 0 Å². The van der Waals surface area contributed by atoms with Gasteiger partial charge in [-0.25, -0.2) is 4.39 Å². The Balaban J connectivity index is 2.60. The van der Waals surface area contributed by atoms with Crippen molar-refractivity contribution in [3.63, 3.8) is 0 Å². The standard InChI is InChI=1S/C12H17FO4/c1-8(14)9-3-4-12(11(13)5-9)17-7-10(15)6-16-2/h3-5,8,10,14-15H,6-7H2,1-2H3/t8-,10?/m0/s1. The Morgan fingerprint density at radius 1 is 1.29 bits per heavy atom. The molecule has 0 spiro atoms. The lowest BCUT2D eigenvalue weighted by atomic mass is 10.1. The molecule has 96 valence electrons. The number of benzene rings is 1. The number of rotatable bonds is 6. The molecule has 0 aliphatic heterocycles. The third-order valence-corrected chi connectivity index (χ3v) is 2.23. The average Bonchev–Trinajstić information content (AvgIpc) is 2.27. The van der Waals surface area contributed by atoms with Crippen LogP contribution >= 0.6 is 0 Å². The van der Waals surface area contributed by atoms with Crippen molar-refractivity contribution in [2.45, 2.75) is 19.1 Å². The molecule has 2 atom stereocenters. The summed E-state index contributed by atoms with van der Waals surface area (Å²) in [7, 11) is 1.46. The molecule has 5 heteroatoms. The van der Waals surface area contributed by atoms with E-state index < -0.39 is 18.0 Å². The van der Waals surface area contributed by atoms with Crippen LogP contribution in [0, 0.1) is 5.82 Å². The highest BCUT2D eigenvalue weighted by molar-refractivity contribution is 5.30. The summed E-state index contributed by atoms with van der Waals surface area (Å²) >= 11 is 0. The molecule has 0 radical (unpaired) electrons. The second kappa shape index (κ2) is 6.54. The van der Waals surface area contributed by atoms with Gasteiger partial charge in [0.05, 0.1) is 12.7 Å². The van der Waals surface area contributed by atoms with Crippen molar-refractivity contribution in [2.75, 3.05) is 20.3 Å². The van der Waals surface area contributed by atoms with Crippen LogP contribution in [0.4, 0.5) is 4.39 Å². The van der Waals surface area contributed by atoms with Crippen molar-refractivity contribution >= 4 is 0 Å². The second-order valence-electron chi connectivity index (χ2n) is 3.79. The van der Waals surface area contributed by atoms with E-state index in [9.17, 15) is 14.6 Å². The minimum atomic E-state index is -0.796. The highest BCUT2D eigenvalue weighted by atomic mass is 19.1. The number of methoxy groups -OCH3 is 1. The molecule has 0 aliphatic carbocycles. The molecule has 0 saturated heterocycles. The lowest BCUT2D eigenvalue weighted by molar-refractivity contribution is 0.0316. The van der Waals surface area contributed by atoms with Gasteiger partial charge in [-0.05, 0) is 24.6 Å². The van der Waals surface area contributed by atoms with E-state index in [-0.39, 0.29) is 19.0 Å². The number of hydrogen-bond acceptors (Lipinski definition) is 4. The number of halogens is 1. The third-order valence-electron chi connectivity index (χ3n) is 2.23. The van der Waals surface area contributed by atoms with Crippen molar-refractivity contribution in [2.24, 2.45) is 0 Å². The van der Waals surface area contributed by atoms with Crippen LogP contribution in [0.2, 0.25) is 0 Å². The summed E-state index contributed by atoms with van der Waals surface area (Å²) in [6, 6.07) is 4.21. The van der Waals surface area contributed by atoms with Crippen LogP contribution in [0.3, 0.4) is 0 Å². The lowest BCUT2D eigenvalue weighted by Gasteiger charge is -2.13. The van der Waals surface area contributed by atoms with E-state index in [1.54, 1.807) is 13.0 Å². The molecule has 0 aliphatic rings. The molecule has 17 heavy (non-hydrogen) atoms. The fraction of sp³-hybridized carbons (Fsp3) is 0.500. The van der Waals surface area contributed by atoms with Crippen LogP contribution in [-0.2, 0) is 4.74 Å². The van der Waals surface area contributed by atoms with Crippen LogP contribution in [0.5, 0.6) is 5.75 Å². The van der Waals surface area contributed by atoms with E-state index in [1.165, 1.54) is 19.2 Å². The SMILES string of the molecule is COCC(O)COc1ccc([C@H](C)O)cc1F. The van der Waals surface area contributed by atoms with Gasteiger partial charge in [-0.2, -0.15) is 0 Å². The maximum atomic E-state index is 13.5. The number of hydrogen-bond donors (Lipinski definition) is 2. The fourth-order valence-corrected chi connectivity index (χ4v) is 1.32. The molecule has 0 saturated carbocycles. The molecule has 0 fully saturated rings. The Labute approximate surface area is 99.6 Å². The summed E-state index contributed by atoms with van der Waals surface area (Å²) in [4.78, 5) is 0. The van der Waals surface area contributed by atoms with Crippen LogP contribution < -0.4 is 4.74 Å². The largest absolute Gasteiger partial charge is 0.488 e. The number of ether oxygens (including phenoxy) is 2. The van der Waals surface area contributed by atoms with Crippen molar-refractivity contribution in [1.82, 2.24) is 0 Å². The molecule has 2 N–H and O–H groups in total. The van der Waals surface area contributed by atoms with Crippen molar-refractivity contribution in [1.29, 1.82) is 0 Å². The smallest absolute Gasteiger partial charge is 0.165 e. The first-order chi connectivity index (χ1) is 8.04. The molecule has 1 aromatic carbocycles. The van der Waals surface area contributed by atoms with Gasteiger partial charge in [0, 0.05) is 7.11 Å². The van der Waals surface area contributed by atoms with Crippen LogP contribution in [0.1, 0.15) is 18.6 Å². The number of aliphatic hydroxyl groups is 2. The van der Waals surface area contributed by atoms with Gasteiger partial charge in [0.1, 0.15) is 12.7 Å². The van der Waals surface area contributed by atoms with Gasteiger partial charge in [-0.1, -0.05) is 6.07 Å². The first kappa shape index (κ1) is 13.9. The molecular weight excluding hydrogens is 227 g/mol. The minimum absolute atomic E-state index is 0.0429. The van der Waals surface area contributed by atoms with Crippen LogP contribution in [0.15, 0.2) is 18.2 Å². The summed E-state index contributed by atoms with van der Waals surface area (Å²) in [5.74, 6) is -0.516. The first-order valence-corrected chi connectivity index (χ1v) is 5.32. The van der Waals surface area contributed by atoms with Gasteiger partial charge >= 0.3 is 0 Å². The zero-order chi connectivity index (χ0) is 12.8. The van der Waals surface area contributed by atoms with E-state index in [2.05, 4.69) is 0 Å². The van der Waals surface area contributed by atoms with Crippen molar-refractivity contribution < 1.29 is 24.1 Å². The van der Waals surface area contributed by atoms with E-state index in [0.717, 1.165) is 0 Å². The van der Waals surface area contributed by atoms with Gasteiger partial charge in [-0.15, -0.1) is 0 Å². The quantitative estimate of drug-likeness (QED) is 0.791. The molecular formula is C12H17FO4. The van der Waals surface area contributed by atoms with Gasteiger partial charge in [0.2, 0.25) is 0 Å². The molecule has 4 nitrogen and oxygen atoms in total. The Hall–Kier alpha value is -1.17. The van der Waals surface area contributed by atoms with Crippen molar-refractivity contribution in [3.05, 3.63) is 29.6 Å². The highest BCUT2D eigenvalue weighted by Gasteiger charge is 2.10. The zero-order valence-electron chi connectivity index (χ0n) is 9.89. The lowest BCUT2D eigenvalue weighted by Crippen LogP contribution is -2.22. The summed E-state index contributed by atoms with van der Waals surface area (Å²) in [6.07, 6.45) is -1.52. The van der Waals surface area contributed by atoms with Crippen LogP contribution in [-0.4, -0.2) is 36.6 Å². The summed E-state index contributed by atoms with van der Waals surface area (Å²) in [6.45, 7) is 1.64. The van der Waals surface area contributed by atoms with E-state index in [1.807, 2.05) is 0 Å². The van der Waals surface area contributed by atoms with Gasteiger partial charge in [0.15, 0.2) is 11.6 Å². The van der Waals surface area contributed by atoms with Crippen LogP contribution in [0.25, 0.3) is 0 Å². The highest BCUT2D eigenvalue weighted by Crippen LogP contribution is 2.22. The Kier molecular flexibility index (Phi) is 5.34. The molecule has 1 rings (SSSR count). The van der Waals surface area contributed by atoms with E-state index in [4.69, 9.17) is 9.47 Å². The fourth-order valence-electron chi connectivity index (χ4n) is 1.32. The summed E-state index contributed by atoms with van der Waals surface area (Å²) < 4.78 is 23.3. The van der Waals surface area contributed by atoms with E-state index >= 15 is 0 Å². The topological polar surface area (TPSA) is 58.9 Å². The minimum Gasteiger partial charge on any atom is -0.488 e. The average molecular weight is 244 g/mol. The number of aliphatic hydroxyl groups excluding tert-OH is 2. The monoisotopic (exact) mass is 244 g/mol. The molecule has 0 bridgehead atoms. The predicted octanol–water partition coefficient (Wildman–Crippen LogP) is 1.27. The molecule has 1 unspecified atom stereocenters. The van der Waals surface area contributed by atoms with Crippen molar-refractivity contribution in [3.8, 4) is 5.75 Å². The second-order valence-corrected chi connectivity index (χ2v) is 3.79. The Morgan fingerprint density at radius 2 is 2.00 bits per heavy atom. The zero-order valence-corrected chi connectivity index (χ0v) is 9.89. The maximum Gasteiger partial charge on any atom is 0.165 e.